The normalized spacial score (nSPS) is 28.4. The van der Waals surface area contributed by atoms with Gasteiger partial charge < -0.3 is 15.2 Å². The SMILES string of the molecule is CCCCNC(=O)CN1CC[C@]2(O)CCCC[C@@H]2[C@@H]1c1ccccc1OC. The van der Waals surface area contributed by atoms with Gasteiger partial charge >= 0.3 is 0 Å². The summed E-state index contributed by atoms with van der Waals surface area (Å²) in [5.74, 6) is 1.05. The van der Waals surface area contributed by atoms with E-state index in [0.29, 0.717) is 6.54 Å². The van der Waals surface area contributed by atoms with Crippen LogP contribution in [0.25, 0.3) is 0 Å². The monoisotopic (exact) mass is 374 g/mol. The minimum Gasteiger partial charge on any atom is -0.496 e. The quantitative estimate of drug-likeness (QED) is 0.719. The molecule has 1 saturated carbocycles. The third kappa shape index (κ3) is 4.46. The Balaban J connectivity index is 1.86. The molecule has 27 heavy (non-hydrogen) atoms. The second-order valence-electron chi connectivity index (χ2n) is 8.07. The third-order valence-corrected chi connectivity index (χ3v) is 6.33. The molecule has 0 spiro atoms. The van der Waals surface area contributed by atoms with Gasteiger partial charge in [0.1, 0.15) is 5.75 Å². The molecule has 0 bridgehead atoms. The predicted molar refractivity (Wildman–Crippen MR) is 107 cm³/mol. The highest BCUT2D eigenvalue weighted by Gasteiger charge is 2.49. The molecule has 1 aliphatic carbocycles. The van der Waals surface area contributed by atoms with Crippen LogP contribution in [0.15, 0.2) is 24.3 Å². The Labute approximate surface area is 163 Å². The smallest absolute Gasteiger partial charge is 0.234 e. The maximum atomic E-state index is 12.5. The van der Waals surface area contributed by atoms with Crippen molar-refractivity contribution in [1.29, 1.82) is 0 Å². The summed E-state index contributed by atoms with van der Waals surface area (Å²) in [5, 5.41) is 14.4. The zero-order valence-electron chi connectivity index (χ0n) is 16.7. The molecule has 1 aliphatic heterocycles. The Morgan fingerprint density at radius 3 is 2.93 bits per heavy atom. The molecule has 1 saturated heterocycles. The molecule has 3 atom stereocenters. The second-order valence-corrected chi connectivity index (χ2v) is 8.07. The van der Waals surface area contributed by atoms with E-state index in [9.17, 15) is 9.90 Å². The van der Waals surface area contributed by atoms with Crippen molar-refractivity contribution in [3.05, 3.63) is 29.8 Å². The summed E-state index contributed by atoms with van der Waals surface area (Å²) in [5.41, 5.74) is 0.463. The molecule has 0 radical (unpaired) electrons. The fraction of sp³-hybridized carbons (Fsp3) is 0.682. The van der Waals surface area contributed by atoms with Gasteiger partial charge in [-0.3, -0.25) is 9.69 Å². The summed E-state index contributed by atoms with van der Waals surface area (Å²) in [4.78, 5) is 14.8. The minimum atomic E-state index is -0.626. The lowest BCUT2D eigenvalue weighted by atomic mass is 9.66. The summed E-state index contributed by atoms with van der Waals surface area (Å²) in [7, 11) is 1.69. The molecular formula is C22H34N2O3. The van der Waals surface area contributed by atoms with Crippen LogP contribution in [0, 0.1) is 5.92 Å². The molecule has 0 aromatic heterocycles. The van der Waals surface area contributed by atoms with Crippen molar-refractivity contribution >= 4 is 5.91 Å². The van der Waals surface area contributed by atoms with E-state index in [4.69, 9.17) is 4.74 Å². The number of nitrogens with one attached hydrogen (secondary N) is 1. The molecule has 1 amide bonds. The Kier molecular flexibility index (Phi) is 6.77. The number of hydrogen-bond acceptors (Lipinski definition) is 4. The van der Waals surface area contributed by atoms with E-state index in [2.05, 4.69) is 23.2 Å². The number of benzene rings is 1. The van der Waals surface area contributed by atoms with Gasteiger partial charge in [0.2, 0.25) is 5.91 Å². The standard InChI is InChI=1S/C22H34N2O3/c1-3-4-14-23-20(25)16-24-15-13-22(26)12-8-7-10-18(22)21(24)17-9-5-6-11-19(17)27-2/h5-6,9,11,18,21,26H,3-4,7-8,10,12-16H2,1-2H3,(H,23,25)/t18-,21+,22-/m1/s1. The van der Waals surface area contributed by atoms with Gasteiger partial charge in [-0.05, 0) is 31.7 Å². The Morgan fingerprint density at radius 2 is 2.15 bits per heavy atom. The number of fused-ring (bicyclic) bond motifs is 1. The number of likely N-dealkylation sites (tertiary alicyclic amines) is 1. The topological polar surface area (TPSA) is 61.8 Å². The first-order chi connectivity index (χ1) is 13.1. The van der Waals surface area contributed by atoms with Gasteiger partial charge in [0.15, 0.2) is 0 Å². The number of rotatable bonds is 7. The molecule has 2 N–H and O–H groups in total. The Bertz CT molecular complexity index is 636. The lowest BCUT2D eigenvalue weighted by Gasteiger charge is -2.52. The number of ether oxygens (including phenoxy) is 1. The van der Waals surface area contributed by atoms with Gasteiger partial charge in [0.05, 0.1) is 19.3 Å². The molecule has 2 aliphatic rings. The zero-order chi connectivity index (χ0) is 19.3. The molecule has 5 nitrogen and oxygen atoms in total. The number of unbranched alkanes of at least 4 members (excludes halogenated alkanes) is 1. The van der Waals surface area contributed by atoms with E-state index in [1.54, 1.807) is 7.11 Å². The fourth-order valence-electron chi connectivity index (χ4n) is 4.89. The average Bonchev–Trinajstić information content (AvgIpc) is 2.68. The predicted octanol–water partition coefficient (Wildman–Crippen LogP) is 3.28. The van der Waals surface area contributed by atoms with Crippen LogP contribution in [0.3, 0.4) is 0 Å². The first-order valence-electron chi connectivity index (χ1n) is 10.4. The molecule has 1 heterocycles. The average molecular weight is 375 g/mol. The van der Waals surface area contributed by atoms with Crippen molar-refractivity contribution < 1.29 is 14.6 Å². The summed E-state index contributed by atoms with van der Waals surface area (Å²) in [6.07, 6.45) is 6.89. The van der Waals surface area contributed by atoms with Gasteiger partial charge in [-0.25, -0.2) is 0 Å². The van der Waals surface area contributed by atoms with E-state index in [1.807, 2.05) is 18.2 Å². The summed E-state index contributed by atoms with van der Waals surface area (Å²) in [6, 6.07) is 8.07. The molecule has 5 heteroatoms. The summed E-state index contributed by atoms with van der Waals surface area (Å²) in [6.45, 7) is 3.96. The van der Waals surface area contributed by atoms with Crippen LogP contribution in [0.5, 0.6) is 5.75 Å². The van der Waals surface area contributed by atoms with Crippen LogP contribution >= 0.6 is 0 Å². The highest BCUT2D eigenvalue weighted by atomic mass is 16.5. The lowest BCUT2D eigenvalue weighted by molar-refractivity contribution is -0.138. The number of carbonyl (C=O) groups is 1. The van der Waals surface area contributed by atoms with Crippen LogP contribution < -0.4 is 10.1 Å². The Morgan fingerprint density at radius 1 is 1.33 bits per heavy atom. The van der Waals surface area contributed by atoms with Gasteiger partial charge in [0.25, 0.3) is 0 Å². The largest absolute Gasteiger partial charge is 0.496 e. The number of hydrogen-bond donors (Lipinski definition) is 2. The number of amides is 1. The molecule has 3 rings (SSSR count). The van der Waals surface area contributed by atoms with Gasteiger partial charge in [-0.1, -0.05) is 44.4 Å². The van der Waals surface area contributed by atoms with Gasteiger partial charge in [0, 0.05) is 30.6 Å². The fourth-order valence-corrected chi connectivity index (χ4v) is 4.89. The molecule has 0 unspecified atom stereocenters. The second kappa shape index (κ2) is 9.07. The van der Waals surface area contributed by atoms with Crippen LogP contribution in [-0.2, 0) is 4.79 Å². The van der Waals surface area contributed by atoms with Crippen molar-refractivity contribution in [1.82, 2.24) is 10.2 Å². The lowest BCUT2D eigenvalue weighted by Crippen LogP contribution is -2.56. The highest BCUT2D eigenvalue weighted by molar-refractivity contribution is 5.78. The molecule has 150 valence electrons. The van der Waals surface area contributed by atoms with E-state index < -0.39 is 5.60 Å². The molecule has 1 aromatic carbocycles. The summed E-state index contributed by atoms with van der Waals surface area (Å²) >= 11 is 0. The number of nitrogens with zero attached hydrogens (tertiary/aromatic N) is 1. The van der Waals surface area contributed by atoms with Crippen LogP contribution in [0.1, 0.15) is 63.5 Å². The van der Waals surface area contributed by atoms with E-state index in [0.717, 1.165) is 69.3 Å². The number of para-hydroxylation sites is 1. The number of methoxy groups -OCH3 is 1. The van der Waals surface area contributed by atoms with Gasteiger partial charge in [-0.2, -0.15) is 0 Å². The maximum Gasteiger partial charge on any atom is 0.234 e. The Hall–Kier alpha value is -1.59. The number of aliphatic hydroxyl groups is 1. The van der Waals surface area contributed by atoms with Crippen molar-refractivity contribution in [2.75, 3.05) is 26.7 Å². The van der Waals surface area contributed by atoms with E-state index >= 15 is 0 Å². The van der Waals surface area contributed by atoms with Crippen molar-refractivity contribution in [2.45, 2.75) is 63.5 Å². The highest BCUT2D eigenvalue weighted by Crippen LogP contribution is 2.50. The first-order valence-corrected chi connectivity index (χ1v) is 10.4. The molecular weight excluding hydrogens is 340 g/mol. The molecule has 2 fully saturated rings. The van der Waals surface area contributed by atoms with Crippen LogP contribution in [0.2, 0.25) is 0 Å². The van der Waals surface area contributed by atoms with Crippen molar-refractivity contribution in [3.63, 3.8) is 0 Å². The number of piperidine rings is 1. The van der Waals surface area contributed by atoms with E-state index in [1.165, 1.54) is 0 Å². The zero-order valence-corrected chi connectivity index (χ0v) is 16.7. The summed E-state index contributed by atoms with van der Waals surface area (Å²) < 4.78 is 5.64. The van der Waals surface area contributed by atoms with E-state index in [-0.39, 0.29) is 17.9 Å². The maximum absolute atomic E-state index is 12.5. The third-order valence-electron chi connectivity index (χ3n) is 6.33. The minimum absolute atomic E-state index is 0.0112. The first kappa shape index (κ1) is 20.2. The number of carbonyl (C=O) groups excluding carboxylic acids is 1. The van der Waals surface area contributed by atoms with Crippen molar-refractivity contribution in [3.8, 4) is 5.75 Å². The molecule has 1 aromatic rings. The van der Waals surface area contributed by atoms with Crippen LogP contribution in [-0.4, -0.2) is 48.3 Å². The van der Waals surface area contributed by atoms with Gasteiger partial charge in [-0.15, -0.1) is 0 Å². The van der Waals surface area contributed by atoms with Crippen LogP contribution in [0.4, 0.5) is 0 Å². The van der Waals surface area contributed by atoms with Crippen molar-refractivity contribution in [2.24, 2.45) is 5.92 Å².